The van der Waals surface area contributed by atoms with Crippen LogP contribution >= 0.6 is 0 Å². The molecule has 0 aliphatic carbocycles. The van der Waals surface area contributed by atoms with E-state index in [0.717, 1.165) is 19.4 Å². The number of hydrogen-bond acceptors (Lipinski definition) is 1. The van der Waals surface area contributed by atoms with Crippen LogP contribution in [0.3, 0.4) is 0 Å². The lowest BCUT2D eigenvalue weighted by Gasteiger charge is -2.36. The first-order valence-corrected chi connectivity index (χ1v) is 7.95. The van der Waals surface area contributed by atoms with E-state index >= 15 is 0 Å². The van der Waals surface area contributed by atoms with Gasteiger partial charge in [-0.3, -0.25) is 4.79 Å². The largest absolute Gasteiger partial charge is 0.346 e. The third kappa shape index (κ3) is 6.42. The molecule has 1 saturated heterocycles. The van der Waals surface area contributed by atoms with Crippen molar-refractivity contribution in [2.75, 3.05) is 13.6 Å². The Morgan fingerprint density at radius 2 is 1.56 bits per heavy atom. The number of carbonyl (C=O) groups is 1. The first kappa shape index (κ1) is 19.8. The average Bonchev–Trinajstić information content (AvgIpc) is 2.43. The summed E-state index contributed by atoms with van der Waals surface area (Å²) in [6, 6.07) is 0. The Balaban J connectivity index is 0. The van der Waals surface area contributed by atoms with E-state index in [-0.39, 0.29) is 0 Å². The molecule has 1 heterocycles. The van der Waals surface area contributed by atoms with E-state index in [1.54, 1.807) is 0 Å². The van der Waals surface area contributed by atoms with Gasteiger partial charge in [-0.25, -0.2) is 0 Å². The molecule has 0 saturated carbocycles. The standard InChI is InChI=1S/C12H23NO.2C2H6/c1-4-6-10-8-9-13(3)12(14)11(10)7-5-2;2*1-2/h10-11H,4-9H2,1-3H3;2*1-2H3. The predicted molar refractivity (Wildman–Crippen MR) is 81.7 cm³/mol. The molecule has 2 unspecified atom stereocenters. The number of carbonyl (C=O) groups excluding carboxylic acids is 1. The van der Waals surface area contributed by atoms with Gasteiger partial charge in [0.2, 0.25) is 5.91 Å². The minimum atomic E-state index is 0.318. The molecule has 2 heteroatoms. The predicted octanol–water partition coefficient (Wildman–Crippen LogP) is 4.73. The van der Waals surface area contributed by atoms with Crippen molar-refractivity contribution in [3.05, 3.63) is 0 Å². The van der Waals surface area contributed by atoms with Crippen molar-refractivity contribution in [3.8, 4) is 0 Å². The average molecular weight is 257 g/mol. The van der Waals surface area contributed by atoms with Crippen LogP contribution in [0.4, 0.5) is 0 Å². The lowest BCUT2D eigenvalue weighted by atomic mass is 9.79. The second-order valence-corrected chi connectivity index (χ2v) is 4.49. The molecule has 18 heavy (non-hydrogen) atoms. The topological polar surface area (TPSA) is 20.3 Å². The molecule has 1 aliphatic heterocycles. The minimum Gasteiger partial charge on any atom is -0.346 e. The highest BCUT2D eigenvalue weighted by atomic mass is 16.2. The van der Waals surface area contributed by atoms with Crippen molar-refractivity contribution in [3.63, 3.8) is 0 Å². The number of hydrogen-bond donors (Lipinski definition) is 0. The number of likely N-dealkylation sites (tertiary alicyclic amines) is 1. The molecule has 110 valence electrons. The normalized spacial score (nSPS) is 22.6. The van der Waals surface area contributed by atoms with Gasteiger partial charge >= 0.3 is 0 Å². The van der Waals surface area contributed by atoms with Crippen LogP contribution in [0.15, 0.2) is 0 Å². The van der Waals surface area contributed by atoms with Gasteiger partial charge in [0.1, 0.15) is 0 Å². The Kier molecular flexibility index (Phi) is 14.2. The molecule has 0 bridgehead atoms. The molecule has 1 amide bonds. The Bertz CT molecular complexity index is 192. The summed E-state index contributed by atoms with van der Waals surface area (Å²) in [4.78, 5) is 13.8. The van der Waals surface area contributed by atoms with Crippen LogP contribution in [0.2, 0.25) is 0 Å². The zero-order valence-electron chi connectivity index (χ0n) is 13.8. The van der Waals surface area contributed by atoms with Crippen LogP contribution in [0.25, 0.3) is 0 Å². The van der Waals surface area contributed by atoms with E-state index in [1.165, 1.54) is 19.3 Å². The van der Waals surface area contributed by atoms with E-state index in [4.69, 9.17) is 0 Å². The fourth-order valence-corrected chi connectivity index (χ4v) is 2.54. The van der Waals surface area contributed by atoms with Crippen LogP contribution in [-0.4, -0.2) is 24.4 Å². The van der Waals surface area contributed by atoms with E-state index in [1.807, 2.05) is 39.6 Å². The number of piperidine rings is 1. The van der Waals surface area contributed by atoms with Gasteiger partial charge in [-0.05, 0) is 25.2 Å². The highest BCUT2D eigenvalue weighted by Gasteiger charge is 2.33. The van der Waals surface area contributed by atoms with Gasteiger partial charge in [-0.15, -0.1) is 0 Å². The van der Waals surface area contributed by atoms with Crippen LogP contribution in [0, 0.1) is 11.8 Å². The fourth-order valence-electron chi connectivity index (χ4n) is 2.54. The summed E-state index contributed by atoms with van der Waals surface area (Å²) in [7, 11) is 1.94. The van der Waals surface area contributed by atoms with Crippen molar-refractivity contribution in [2.24, 2.45) is 11.8 Å². The molecule has 0 aromatic rings. The van der Waals surface area contributed by atoms with Crippen LogP contribution in [0.1, 0.15) is 73.6 Å². The second-order valence-electron chi connectivity index (χ2n) is 4.49. The molecular weight excluding hydrogens is 222 g/mol. The van der Waals surface area contributed by atoms with Gasteiger partial charge in [-0.2, -0.15) is 0 Å². The summed E-state index contributed by atoms with van der Waals surface area (Å²) in [5.41, 5.74) is 0. The van der Waals surface area contributed by atoms with Crippen LogP contribution < -0.4 is 0 Å². The molecule has 2 atom stereocenters. The SMILES string of the molecule is CC.CC.CCCC1CCN(C)C(=O)C1CCC. The van der Waals surface area contributed by atoms with Gasteiger partial charge in [0.15, 0.2) is 0 Å². The third-order valence-corrected chi connectivity index (χ3v) is 3.36. The number of rotatable bonds is 4. The molecule has 1 rings (SSSR count). The molecular formula is C16H35NO. The third-order valence-electron chi connectivity index (χ3n) is 3.36. The zero-order chi connectivity index (χ0) is 14.6. The summed E-state index contributed by atoms with van der Waals surface area (Å²) >= 11 is 0. The number of nitrogens with zero attached hydrogens (tertiary/aromatic N) is 1. The van der Waals surface area contributed by atoms with Crippen LogP contribution in [0.5, 0.6) is 0 Å². The van der Waals surface area contributed by atoms with E-state index in [2.05, 4.69) is 13.8 Å². The first-order chi connectivity index (χ1) is 8.70. The van der Waals surface area contributed by atoms with Crippen molar-refractivity contribution in [2.45, 2.75) is 73.6 Å². The maximum atomic E-state index is 11.9. The van der Waals surface area contributed by atoms with E-state index < -0.39 is 0 Å². The highest BCUT2D eigenvalue weighted by Crippen LogP contribution is 2.31. The van der Waals surface area contributed by atoms with Crippen molar-refractivity contribution >= 4 is 5.91 Å². The Morgan fingerprint density at radius 1 is 1.06 bits per heavy atom. The van der Waals surface area contributed by atoms with Gasteiger partial charge in [0, 0.05) is 19.5 Å². The summed E-state index contributed by atoms with van der Waals surface area (Å²) in [5, 5.41) is 0. The molecule has 2 nitrogen and oxygen atoms in total. The summed E-state index contributed by atoms with van der Waals surface area (Å²) in [5.74, 6) is 1.36. The lowest BCUT2D eigenvalue weighted by molar-refractivity contribution is -0.140. The van der Waals surface area contributed by atoms with Gasteiger partial charge in [-0.1, -0.05) is 54.4 Å². The molecule has 0 radical (unpaired) electrons. The maximum absolute atomic E-state index is 11.9. The van der Waals surface area contributed by atoms with E-state index in [9.17, 15) is 4.79 Å². The Hall–Kier alpha value is -0.530. The van der Waals surface area contributed by atoms with Gasteiger partial charge < -0.3 is 4.90 Å². The lowest BCUT2D eigenvalue weighted by Crippen LogP contribution is -2.43. The Morgan fingerprint density at radius 3 is 2.00 bits per heavy atom. The summed E-state index contributed by atoms with van der Waals surface area (Å²) in [6.45, 7) is 13.3. The highest BCUT2D eigenvalue weighted by molar-refractivity contribution is 5.79. The van der Waals surface area contributed by atoms with E-state index in [0.29, 0.717) is 17.7 Å². The molecule has 0 aromatic heterocycles. The first-order valence-electron chi connectivity index (χ1n) is 7.95. The number of amides is 1. The second kappa shape index (κ2) is 12.9. The van der Waals surface area contributed by atoms with Crippen molar-refractivity contribution < 1.29 is 4.79 Å². The summed E-state index contributed by atoms with van der Waals surface area (Å²) in [6.07, 6.45) is 5.85. The Labute approximate surface area is 115 Å². The molecule has 1 fully saturated rings. The molecule has 0 aromatic carbocycles. The monoisotopic (exact) mass is 257 g/mol. The van der Waals surface area contributed by atoms with Crippen molar-refractivity contribution in [1.82, 2.24) is 4.90 Å². The maximum Gasteiger partial charge on any atom is 0.225 e. The van der Waals surface area contributed by atoms with Gasteiger partial charge in [0.25, 0.3) is 0 Å². The summed E-state index contributed by atoms with van der Waals surface area (Å²) < 4.78 is 0. The molecule has 1 aliphatic rings. The quantitative estimate of drug-likeness (QED) is 0.712. The zero-order valence-corrected chi connectivity index (χ0v) is 13.8. The molecule has 0 N–H and O–H groups in total. The minimum absolute atomic E-state index is 0.318. The smallest absolute Gasteiger partial charge is 0.225 e. The van der Waals surface area contributed by atoms with Gasteiger partial charge in [0.05, 0.1) is 0 Å². The van der Waals surface area contributed by atoms with Crippen molar-refractivity contribution in [1.29, 1.82) is 0 Å². The molecule has 0 spiro atoms. The fraction of sp³-hybridized carbons (Fsp3) is 0.938. The van der Waals surface area contributed by atoms with Crippen LogP contribution in [-0.2, 0) is 4.79 Å².